The van der Waals surface area contributed by atoms with Gasteiger partial charge in [-0.05, 0) is 44.4 Å². The molecule has 1 aromatic rings. The van der Waals surface area contributed by atoms with Crippen molar-refractivity contribution in [3.8, 4) is 0 Å². The van der Waals surface area contributed by atoms with Crippen molar-refractivity contribution in [2.75, 3.05) is 36.0 Å². The summed E-state index contributed by atoms with van der Waals surface area (Å²) in [4.78, 5) is 14.4. The smallest absolute Gasteiger partial charge is 0.227 e. The normalized spacial score (nSPS) is 27.0. The van der Waals surface area contributed by atoms with E-state index in [0.717, 1.165) is 55.5 Å². The molecule has 0 amide bonds. The van der Waals surface area contributed by atoms with Gasteiger partial charge in [0, 0.05) is 37.9 Å². The van der Waals surface area contributed by atoms with Gasteiger partial charge in [0.15, 0.2) is 0 Å². The topological polar surface area (TPSA) is 32.3 Å². The lowest BCUT2D eigenvalue weighted by Crippen LogP contribution is -2.37. The fourth-order valence-electron chi connectivity index (χ4n) is 3.61. The Hall–Kier alpha value is -1.32. The van der Waals surface area contributed by atoms with Gasteiger partial charge in [-0.1, -0.05) is 13.8 Å². The highest BCUT2D eigenvalue weighted by Gasteiger charge is 2.22. The number of hydrogen-bond acceptors (Lipinski definition) is 4. The molecule has 116 valence electrons. The third-order valence-electron chi connectivity index (χ3n) is 4.75. The van der Waals surface area contributed by atoms with Crippen molar-refractivity contribution in [1.29, 1.82) is 0 Å². The third-order valence-corrected chi connectivity index (χ3v) is 4.75. The molecule has 2 unspecified atom stereocenters. The highest BCUT2D eigenvalue weighted by atomic mass is 15.3. The van der Waals surface area contributed by atoms with Gasteiger partial charge in [-0.15, -0.1) is 0 Å². The maximum absolute atomic E-state index is 4.89. The lowest BCUT2D eigenvalue weighted by Gasteiger charge is -2.34. The molecule has 0 spiro atoms. The summed E-state index contributed by atoms with van der Waals surface area (Å²) in [6.07, 6.45) is 5.21. The van der Waals surface area contributed by atoms with Crippen LogP contribution in [0.3, 0.4) is 0 Å². The number of anilines is 2. The molecule has 0 radical (unpaired) electrons. The summed E-state index contributed by atoms with van der Waals surface area (Å²) in [5.41, 5.74) is 1.09. The molecule has 1 aromatic heterocycles. The molecule has 2 aliphatic heterocycles. The van der Waals surface area contributed by atoms with Crippen LogP contribution in [0.2, 0.25) is 0 Å². The van der Waals surface area contributed by atoms with Gasteiger partial charge < -0.3 is 9.80 Å². The van der Waals surface area contributed by atoms with Crippen molar-refractivity contribution >= 4 is 11.8 Å². The first-order valence-electron chi connectivity index (χ1n) is 8.47. The Kier molecular flexibility index (Phi) is 4.32. The fourth-order valence-corrected chi connectivity index (χ4v) is 3.61. The number of hydrogen-bond donors (Lipinski definition) is 0. The van der Waals surface area contributed by atoms with Gasteiger partial charge in [0.2, 0.25) is 5.95 Å². The summed E-state index contributed by atoms with van der Waals surface area (Å²) in [7, 11) is 0. The van der Waals surface area contributed by atoms with Crippen LogP contribution < -0.4 is 9.80 Å². The lowest BCUT2D eigenvalue weighted by atomic mass is 10.0. The number of aromatic nitrogens is 2. The lowest BCUT2D eigenvalue weighted by molar-refractivity contribution is 0.437. The maximum atomic E-state index is 4.89. The molecule has 2 aliphatic rings. The van der Waals surface area contributed by atoms with Gasteiger partial charge in [-0.25, -0.2) is 4.98 Å². The van der Waals surface area contributed by atoms with Crippen LogP contribution in [0.25, 0.3) is 0 Å². The van der Waals surface area contributed by atoms with Crippen LogP contribution in [0.5, 0.6) is 0 Å². The minimum Gasteiger partial charge on any atom is -0.356 e. The molecule has 4 heteroatoms. The molecular weight excluding hydrogens is 260 g/mol. The zero-order chi connectivity index (χ0) is 14.8. The summed E-state index contributed by atoms with van der Waals surface area (Å²) in [6, 6.07) is 2.15. The minimum atomic E-state index is 0.751. The first-order chi connectivity index (χ1) is 10.1. The van der Waals surface area contributed by atoms with E-state index in [1.54, 1.807) is 0 Å². The molecule has 3 rings (SSSR count). The monoisotopic (exact) mass is 288 g/mol. The molecule has 21 heavy (non-hydrogen) atoms. The Morgan fingerprint density at radius 1 is 0.952 bits per heavy atom. The SMILES string of the molecule is Cc1cc(N2CCCC(C)C2)nc(N2CCCC(C)C2)n1. The Morgan fingerprint density at radius 3 is 2.24 bits per heavy atom. The van der Waals surface area contributed by atoms with Crippen molar-refractivity contribution in [3.63, 3.8) is 0 Å². The van der Waals surface area contributed by atoms with Crippen LogP contribution in [0.4, 0.5) is 11.8 Å². The number of piperidine rings is 2. The van der Waals surface area contributed by atoms with Gasteiger partial charge in [-0.3, -0.25) is 0 Å². The van der Waals surface area contributed by atoms with E-state index in [2.05, 4.69) is 36.6 Å². The Morgan fingerprint density at radius 2 is 1.57 bits per heavy atom. The van der Waals surface area contributed by atoms with Crippen molar-refractivity contribution in [2.24, 2.45) is 11.8 Å². The Bertz CT molecular complexity index is 447. The first kappa shape index (κ1) is 14.6. The van der Waals surface area contributed by atoms with E-state index in [9.17, 15) is 0 Å². The van der Waals surface area contributed by atoms with Crippen LogP contribution in [0.15, 0.2) is 6.07 Å². The molecular formula is C17H28N4. The second-order valence-electron chi connectivity index (χ2n) is 7.05. The molecule has 0 saturated carbocycles. The maximum Gasteiger partial charge on any atom is 0.227 e. The summed E-state index contributed by atoms with van der Waals surface area (Å²) >= 11 is 0. The van der Waals surface area contributed by atoms with Gasteiger partial charge in [0.05, 0.1) is 0 Å². The minimum absolute atomic E-state index is 0.751. The predicted octanol–water partition coefficient (Wildman–Crippen LogP) is 3.26. The van der Waals surface area contributed by atoms with Gasteiger partial charge in [0.25, 0.3) is 0 Å². The quantitative estimate of drug-likeness (QED) is 0.836. The molecule has 4 nitrogen and oxygen atoms in total. The predicted molar refractivity (Wildman–Crippen MR) is 88.0 cm³/mol. The van der Waals surface area contributed by atoms with Gasteiger partial charge in [-0.2, -0.15) is 4.98 Å². The molecule has 0 N–H and O–H groups in total. The van der Waals surface area contributed by atoms with Crippen molar-refractivity contribution < 1.29 is 0 Å². The van der Waals surface area contributed by atoms with Crippen LogP contribution in [0.1, 0.15) is 45.2 Å². The zero-order valence-corrected chi connectivity index (χ0v) is 13.7. The van der Waals surface area contributed by atoms with Crippen molar-refractivity contribution in [2.45, 2.75) is 46.5 Å². The standard InChI is InChI=1S/C17H28N4/c1-13-6-4-8-20(11-13)16-10-15(3)18-17(19-16)21-9-5-7-14(2)12-21/h10,13-14H,4-9,11-12H2,1-3H3. The van der Waals surface area contributed by atoms with Crippen LogP contribution >= 0.6 is 0 Å². The largest absolute Gasteiger partial charge is 0.356 e. The molecule has 3 heterocycles. The van der Waals surface area contributed by atoms with Crippen molar-refractivity contribution in [1.82, 2.24) is 9.97 Å². The molecule has 0 aromatic carbocycles. The summed E-state index contributed by atoms with van der Waals surface area (Å²) < 4.78 is 0. The van der Waals surface area contributed by atoms with E-state index >= 15 is 0 Å². The van der Waals surface area contributed by atoms with E-state index in [1.165, 1.54) is 25.7 Å². The van der Waals surface area contributed by atoms with E-state index < -0.39 is 0 Å². The molecule has 2 fully saturated rings. The second kappa shape index (κ2) is 6.20. The highest BCUT2D eigenvalue weighted by Crippen LogP contribution is 2.25. The van der Waals surface area contributed by atoms with E-state index in [4.69, 9.17) is 9.97 Å². The number of nitrogens with zero attached hydrogens (tertiary/aromatic N) is 4. The highest BCUT2D eigenvalue weighted by molar-refractivity contribution is 5.46. The molecule has 0 bridgehead atoms. The van der Waals surface area contributed by atoms with E-state index in [-0.39, 0.29) is 0 Å². The molecule has 0 aliphatic carbocycles. The summed E-state index contributed by atoms with van der Waals surface area (Å²) in [5.74, 6) is 3.59. The van der Waals surface area contributed by atoms with Crippen molar-refractivity contribution in [3.05, 3.63) is 11.8 Å². The van der Waals surface area contributed by atoms with Gasteiger partial charge in [0.1, 0.15) is 5.82 Å². The average Bonchev–Trinajstić information content (AvgIpc) is 2.46. The van der Waals surface area contributed by atoms with E-state index in [1.807, 2.05) is 0 Å². The fraction of sp³-hybridized carbons (Fsp3) is 0.765. The molecule has 2 atom stereocenters. The Labute approximate surface area is 128 Å². The summed E-state index contributed by atoms with van der Waals surface area (Å²) in [6.45, 7) is 11.2. The summed E-state index contributed by atoms with van der Waals surface area (Å²) in [5, 5.41) is 0. The zero-order valence-electron chi connectivity index (χ0n) is 13.7. The first-order valence-corrected chi connectivity index (χ1v) is 8.47. The Balaban J connectivity index is 1.82. The average molecular weight is 288 g/mol. The number of rotatable bonds is 2. The van der Waals surface area contributed by atoms with Crippen LogP contribution in [0, 0.1) is 18.8 Å². The molecule has 2 saturated heterocycles. The van der Waals surface area contributed by atoms with Crippen LogP contribution in [-0.2, 0) is 0 Å². The second-order valence-corrected chi connectivity index (χ2v) is 7.05. The third kappa shape index (κ3) is 3.47. The number of aryl methyl sites for hydroxylation is 1. The van der Waals surface area contributed by atoms with E-state index in [0.29, 0.717) is 0 Å². The van der Waals surface area contributed by atoms with Gasteiger partial charge >= 0.3 is 0 Å². The van der Waals surface area contributed by atoms with Crippen LogP contribution in [-0.4, -0.2) is 36.1 Å².